The van der Waals surface area contributed by atoms with Gasteiger partial charge in [-0.25, -0.2) is 0 Å². The molecule has 1 fully saturated rings. The minimum Gasteiger partial charge on any atom is -0.322 e. The molecule has 0 aromatic heterocycles. The summed E-state index contributed by atoms with van der Waals surface area (Å²) >= 11 is 0. The quantitative estimate of drug-likeness (QED) is 0.926. The molecular formula is C14H17F3N2O. The highest BCUT2D eigenvalue weighted by Gasteiger charge is 2.42. The average Bonchev–Trinajstić information content (AvgIpc) is 2.74. The predicted octanol–water partition coefficient (Wildman–Crippen LogP) is 2.93. The molecule has 2 unspecified atom stereocenters. The fourth-order valence-corrected chi connectivity index (χ4v) is 2.56. The Balaban J connectivity index is 2.44. The van der Waals surface area contributed by atoms with Crippen LogP contribution in [0.4, 0.5) is 13.2 Å². The molecule has 1 aromatic carbocycles. The number of nitrogens with zero attached hydrogens (tertiary/aromatic N) is 1. The number of nitrogens with one attached hydrogen (secondary N) is 1. The number of benzene rings is 1. The fourth-order valence-electron chi connectivity index (χ4n) is 2.56. The van der Waals surface area contributed by atoms with Gasteiger partial charge in [0.2, 0.25) is 5.91 Å². The van der Waals surface area contributed by atoms with Gasteiger partial charge in [0, 0.05) is 12.1 Å². The van der Waals surface area contributed by atoms with E-state index in [0.29, 0.717) is 13.0 Å². The number of carbonyl (C=O) groups excluding carboxylic acids is 1. The van der Waals surface area contributed by atoms with E-state index >= 15 is 0 Å². The maximum Gasteiger partial charge on any atom is 0.416 e. The molecule has 3 nitrogen and oxygen atoms in total. The Morgan fingerprint density at radius 3 is 2.45 bits per heavy atom. The van der Waals surface area contributed by atoms with Gasteiger partial charge in [-0.2, -0.15) is 13.2 Å². The van der Waals surface area contributed by atoms with Crippen molar-refractivity contribution in [3.8, 4) is 0 Å². The summed E-state index contributed by atoms with van der Waals surface area (Å²) in [5.74, 6) is -0.142. The SMILES string of the molecule is CCC1NC(c2ccccc2C(F)(F)F)N(CC)C1=O. The summed E-state index contributed by atoms with van der Waals surface area (Å²) in [6, 6.07) is 4.98. The molecule has 1 aromatic rings. The van der Waals surface area contributed by atoms with E-state index < -0.39 is 23.9 Å². The van der Waals surface area contributed by atoms with Gasteiger partial charge >= 0.3 is 6.18 Å². The van der Waals surface area contributed by atoms with E-state index in [-0.39, 0.29) is 11.5 Å². The first-order valence-electron chi connectivity index (χ1n) is 6.62. The molecule has 2 rings (SSSR count). The van der Waals surface area contributed by atoms with E-state index in [4.69, 9.17) is 0 Å². The van der Waals surface area contributed by atoms with Crippen LogP contribution in [0.15, 0.2) is 24.3 Å². The molecule has 1 amide bonds. The van der Waals surface area contributed by atoms with Crippen LogP contribution >= 0.6 is 0 Å². The summed E-state index contributed by atoms with van der Waals surface area (Å²) in [6.07, 6.45) is -4.58. The minimum absolute atomic E-state index is 0.103. The van der Waals surface area contributed by atoms with Gasteiger partial charge in [-0.3, -0.25) is 10.1 Å². The van der Waals surface area contributed by atoms with Gasteiger partial charge in [-0.15, -0.1) is 0 Å². The molecule has 0 spiro atoms. The third kappa shape index (κ3) is 2.52. The summed E-state index contributed by atoms with van der Waals surface area (Å²) in [5.41, 5.74) is -0.591. The lowest BCUT2D eigenvalue weighted by Gasteiger charge is -2.25. The molecule has 2 atom stereocenters. The van der Waals surface area contributed by atoms with Crippen LogP contribution in [0.5, 0.6) is 0 Å². The van der Waals surface area contributed by atoms with Crippen LogP contribution in [0.3, 0.4) is 0 Å². The number of amides is 1. The van der Waals surface area contributed by atoms with Gasteiger partial charge in [0.05, 0.1) is 11.6 Å². The monoisotopic (exact) mass is 286 g/mol. The molecule has 1 aliphatic heterocycles. The van der Waals surface area contributed by atoms with Crippen LogP contribution in [0.1, 0.15) is 37.6 Å². The second kappa shape index (κ2) is 5.44. The van der Waals surface area contributed by atoms with Crippen LogP contribution < -0.4 is 5.32 Å². The van der Waals surface area contributed by atoms with Crippen LogP contribution in [-0.2, 0) is 11.0 Å². The van der Waals surface area contributed by atoms with Crippen LogP contribution in [0.2, 0.25) is 0 Å². The van der Waals surface area contributed by atoms with Gasteiger partial charge < -0.3 is 4.90 Å². The molecule has 1 aliphatic rings. The van der Waals surface area contributed by atoms with Crippen molar-refractivity contribution in [2.45, 2.75) is 38.7 Å². The van der Waals surface area contributed by atoms with E-state index in [1.165, 1.54) is 17.0 Å². The molecule has 6 heteroatoms. The zero-order valence-corrected chi connectivity index (χ0v) is 11.4. The molecule has 0 aliphatic carbocycles. The van der Waals surface area contributed by atoms with E-state index in [2.05, 4.69) is 5.32 Å². The van der Waals surface area contributed by atoms with Gasteiger partial charge in [0.15, 0.2) is 0 Å². The summed E-state index contributed by atoms with van der Waals surface area (Å²) in [7, 11) is 0. The number of likely N-dealkylation sites (N-methyl/N-ethyl adjacent to an activating group) is 1. The Morgan fingerprint density at radius 1 is 1.25 bits per heavy atom. The lowest BCUT2D eigenvalue weighted by Crippen LogP contribution is -2.31. The van der Waals surface area contributed by atoms with Crippen molar-refractivity contribution in [2.24, 2.45) is 0 Å². The zero-order valence-electron chi connectivity index (χ0n) is 11.4. The van der Waals surface area contributed by atoms with Gasteiger partial charge in [-0.05, 0) is 19.4 Å². The number of hydrogen-bond acceptors (Lipinski definition) is 2. The Labute approximate surface area is 115 Å². The largest absolute Gasteiger partial charge is 0.416 e. The first kappa shape index (κ1) is 14.8. The van der Waals surface area contributed by atoms with Gasteiger partial charge in [0.1, 0.15) is 6.17 Å². The molecule has 1 N–H and O–H groups in total. The average molecular weight is 286 g/mol. The molecule has 20 heavy (non-hydrogen) atoms. The molecule has 0 radical (unpaired) electrons. The van der Waals surface area contributed by atoms with E-state index in [9.17, 15) is 18.0 Å². The van der Waals surface area contributed by atoms with Crippen molar-refractivity contribution < 1.29 is 18.0 Å². The summed E-state index contributed by atoms with van der Waals surface area (Å²) in [5, 5.41) is 3.00. The maximum absolute atomic E-state index is 13.1. The topological polar surface area (TPSA) is 32.3 Å². The Kier molecular flexibility index (Phi) is 4.04. The van der Waals surface area contributed by atoms with Crippen LogP contribution in [0.25, 0.3) is 0 Å². The first-order chi connectivity index (χ1) is 9.40. The Bertz CT molecular complexity index is 501. The van der Waals surface area contributed by atoms with Crippen LogP contribution in [-0.4, -0.2) is 23.4 Å². The molecule has 1 heterocycles. The maximum atomic E-state index is 13.1. The molecule has 110 valence electrons. The highest BCUT2D eigenvalue weighted by atomic mass is 19.4. The number of rotatable bonds is 3. The Hall–Kier alpha value is -1.56. The lowest BCUT2D eigenvalue weighted by molar-refractivity contribution is -0.139. The number of halogens is 3. The Morgan fingerprint density at radius 2 is 1.90 bits per heavy atom. The standard InChI is InChI=1S/C14H17F3N2O/c1-3-11-13(20)19(4-2)12(18-11)9-7-5-6-8-10(9)14(15,16)17/h5-8,11-12,18H,3-4H2,1-2H3. The lowest BCUT2D eigenvalue weighted by atomic mass is 10.0. The molecule has 0 saturated carbocycles. The second-order valence-corrected chi connectivity index (χ2v) is 4.74. The van der Waals surface area contributed by atoms with E-state index in [0.717, 1.165) is 6.07 Å². The van der Waals surface area contributed by atoms with Crippen molar-refractivity contribution >= 4 is 5.91 Å². The summed E-state index contributed by atoms with van der Waals surface area (Å²) < 4.78 is 39.2. The first-order valence-corrected chi connectivity index (χ1v) is 6.62. The van der Waals surface area contributed by atoms with Gasteiger partial charge in [-0.1, -0.05) is 25.1 Å². The van der Waals surface area contributed by atoms with Crippen molar-refractivity contribution in [3.63, 3.8) is 0 Å². The molecule has 0 bridgehead atoms. The van der Waals surface area contributed by atoms with E-state index in [1.807, 2.05) is 6.92 Å². The molecule has 1 saturated heterocycles. The van der Waals surface area contributed by atoms with E-state index in [1.54, 1.807) is 13.0 Å². The highest BCUT2D eigenvalue weighted by molar-refractivity contribution is 5.84. The highest BCUT2D eigenvalue weighted by Crippen LogP contribution is 2.37. The normalized spacial score (nSPS) is 23.4. The summed E-state index contributed by atoms with van der Waals surface area (Å²) in [6.45, 7) is 3.97. The van der Waals surface area contributed by atoms with Crippen molar-refractivity contribution in [1.82, 2.24) is 10.2 Å². The fraction of sp³-hybridized carbons (Fsp3) is 0.500. The number of hydrogen-bond donors (Lipinski definition) is 1. The zero-order chi connectivity index (χ0) is 14.9. The summed E-state index contributed by atoms with van der Waals surface area (Å²) in [4.78, 5) is 13.6. The van der Waals surface area contributed by atoms with Crippen molar-refractivity contribution in [3.05, 3.63) is 35.4 Å². The third-order valence-corrected chi connectivity index (χ3v) is 3.56. The molecular weight excluding hydrogens is 269 g/mol. The number of carbonyl (C=O) groups is 1. The predicted molar refractivity (Wildman–Crippen MR) is 68.8 cm³/mol. The van der Waals surface area contributed by atoms with Crippen molar-refractivity contribution in [1.29, 1.82) is 0 Å². The number of alkyl halides is 3. The second-order valence-electron chi connectivity index (χ2n) is 4.74. The third-order valence-electron chi connectivity index (χ3n) is 3.56. The van der Waals surface area contributed by atoms with Crippen molar-refractivity contribution in [2.75, 3.05) is 6.54 Å². The smallest absolute Gasteiger partial charge is 0.322 e. The minimum atomic E-state index is -4.43. The van der Waals surface area contributed by atoms with Gasteiger partial charge in [0.25, 0.3) is 0 Å². The van der Waals surface area contributed by atoms with Crippen LogP contribution in [0, 0.1) is 0 Å².